The summed E-state index contributed by atoms with van der Waals surface area (Å²) in [6.07, 6.45) is 8.02. The summed E-state index contributed by atoms with van der Waals surface area (Å²) in [6.45, 7) is 9.80. The molecular formula is C16H30N4. The Balaban J connectivity index is 2.31. The summed E-state index contributed by atoms with van der Waals surface area (Å²) in [5.74, 6) is 0. The Hall–Kier alpha value is -0.870. The molecule has 1 fully saturated rings. The van der Waals surface area contributed by atoms with Crippen molar-refractivity contribution in [3.63, 3.8) is 0 Å². The lowest BCUT2D eigenvalue weighted by Gasteiger charge is -2.44. The molecule has 114 valence electrons. The molecular weight excluding hydrogens is 248 g/mol. The third-order valence-corrected chi connectivity index (χ3v) is 4.94. The first kappa shape index (κ1) is 15.5. The maximum Gasteiger partial charge on any atom is 0.0653 e. The van der Waals surface area contributed by atoms with Crippen LogP contribution in [0.1, 0.15) is 64.6 Å². The fraction of sp³-hybridized carbons (Fsp3) is 0.812. The van der Waals surface area contributed by atoms with E-state index in [1.807, 2.05) is 6.20 Å². The van der Waals surface area contributed by atoms with Gasteiger partial charge < -0.3 is 5.73 Å². The Labute approximate surface area is 123 Å². The highest BCUT2D eigenvalue weighted by atomic mass is 15.3. The van der Waals surface area contributed by atoms with Crippen LogP contribution in [0.2, 0.25) is 0 Å². The number of hydrogen-bond donors (Lipinski definition) is 1. The molecule has 1 aliphatic carbocycles. The van der Waals surface area contributed by atoms with Crippen LogP contribution in [0.25, 0.3) is 0 Å². The van der Waals surface area contributed by atoms with E-state index in [4.69, 9.17) is 5.73 Å². The zero-order valence-corrected chi connectivity index (χ0v) is 13.3. The Bertz CT molecular complexity index is 402. The van der Waals surface area contributed by atoms with Crippen molar-refractivity contribution in [2.24, 2.45) is 5.73 Å². The highest BCUT2D eigenvalue weighted by Gasteiger charge is 2.44. The summed E-state index contributed by atoms with van der Waals surface area (Å²) in [7, 11) is 0. The molecule has 0 aromatic carbocycles. The molecule has 20 heavy (non-hydrogen) atoms. The van der Waals surface area contributed by atoms with Gasteiger partial charge in [-0.1, -0.05) is 33.6 Å². The van der Waals surface area contributed by atoms with Gasteiger partial charge in [0.15, 0.2) is 0 Å². The van der Waals surface area contributed by atoms with Crippen LogP contribution in [0.15, 0.2) is 12.3 Å². The lowest BCUT2D eigenvalue weighted by molar-refractivity contribution is 0.0739. The molecule has 4 heteroatoms. The van der Waals surface area contributed by atoms with Gasteiger partial charge in [-0.15, -0.1) is 0 Å². The van der Waals surface area contributed by atoms with Gasteiger partial charge in [-0.2, -0.15) is 5.10 Å². The molecule has 1 atom stereocenters. The Kier molecular flexibility index (Phi) is 5.22. The molecule has 0 bridgehead atoms. The molecule has 1 aliphatic rings. The summed E-state index contributed by atoms with van der Waals surface area (Å²) in [5.41, 5.74) is 8.10. The SMILES string of the molecule is CCCn1nccc1C(N)C1(N(CC)CC)CCCC1. The molecule has 0 radical (unpaired) electrons. The molecule has 0 saturated heterocycles. The van der Waals surface area contributed by atoms with Crippen molar-refractivity contribution in [2.75, 3.05) is 13.1 Å². The number of nitrogens with zero attached hydrogens (tertiary/aromatic N) is 3. The van der Waals surface area contributed by atoms with Crippen LogP contribution in [0.4, 0.5) is 0 Å². The normalized spacial score (nSPS) is 19.6. The molecule has 1 unspecified atom stereocenters. The van der Waals surface area contributed by atoms with Crippen LogP contribution in [0.5, 0.6) is 0 Å². The number of rotatable bonds is 7. The van der Waals surface area contributed by atoms with Crippen LogP contribution >= 0.6 is 0 Å². The van der Waals surface area contributed by atoms with Gasteiger partial charge in [0.25, 0.3) is 0 Å². The van der Waals surface area contributed by atoms with Crippen molar-refractivity contribution in [3.8, 4) is 0 Å². The average molecular weight is 278 g/mol. The first-order valence-electron chi connectivity index (χ1n) is 8.22. The van der Waals surface area contributed by atoms with Crippen molar-refractivity contribution in [1.82, 2.24) is 14.7 Å². The lowest BCUT2D eigenvalue weighted by Crippen LogP contribution is -2.54. The second kappa shape index (κ2) is 6.72. The summed E-state index contributed by atoms with van der Waals surface area (Å²) in [6, 6.07) is 2.18. The summed E-state index contributed by atoms with van der Waals surface area (Å²) in [5, 5.41) is 4.46. The molecule has 1 saturated carbocycles. The summed E-state index contributed by atoms with van der Waals surface area (Å²) >= 11 is 0. The zero-order valence-electron chi connectivity index (χ0n) is 13.3. The van der Waals surface area contributed by atoms with E-state index in [9.17, 15) is 0 Å². The Morgan fingerprint density at radius 2 is 1.95 bits per heavy atom. The molecule has 1 aromatic heterocycles. The topological polar surface area (TPSA) is 47.1 Å². The smallest absolute Gasteiger partial charge is 0.0653 e. The quantitative estimate of drug-likeness (QED) is 0.834. The largest absolute Gasteiger partial charge is 0.321 e. The monoisotopic (exact) mass is 278 g/mol. The van der Waals surface area contributed by atoms with Crippen LogP contribution in [0, 0.1) is 0 Å². The highest BCUT2D eigenvalue weighted by Crippen LogP contribution is 2.43. The van der Waals surface area contributed by atoms with Gasteiger partial charge in [0.05, 0.1) is 11.7 Å². The van der Waals surface area contributed by atoms with Gasteiger partial charge in [-0.05, 0) is 38.4 Å². The van der Waals surface area contributed by atoms with E-state index in [1.165, 1.54) is 31.4 Å². The van der Waals surface area contributed by atoms with Crippen molar-refractivity contribution < 1.29 is 0 Å². The standard InChI is InChI=1S/C16H30N4/c1-4-13-20-14(9-12-18-20)15(17)16(10-7-8-11-16)19(5-2)6-3/h9,12,15H,4-8,10-11,13,17H2,1-3H3. The van der Waals surface area contributed by atoms with Crippen LogP contribution in [-0.4, -0.2) is 33.3 Å². The van der Waals surface area contributed by atoms with Crippen molar-refractivity contribution in [3.05, 3.63) is 18.0 Å². The number of aryl methyl sites for hydroxylation is 1. The van der Waals surface area contributed by atoms with Crippen molar-refractivity contribution in [2.45, 2.75) is 71.0 Å². The van der Waals surface area contributed by atoms with E-state index >= 15 is 0 Å². The van der Waals surface area contributed by atoms with E-state index in [0.29, 0.717) is 0 Å². The van der Waals surface area contributed by atoms with Gasteiger partial charge >= 0.3 is 0 Å². The van der Waals surface area contributed by atoms with Gasteiger partial charge in [0, 0.05) is 18.3 Å². The van der Waals surface area contributed by atoms with Crippen LogP contribution < -0.4 is 5.73 Å². The molecule has 0 spiro atoms. The fourth-order valence-electron chi connectivity index (χ4n) is 3.95. The molecule has 2 rings (SSSR count). The molecule has 1 aromatic rings. The first-order chi connectivity index (χ1) is 9.69. The lowest BCUT2D eigenvalue weighted by atomic mass is 9.84. The van der Waals surface area contributed by atoms with Gasteiger partial charge in [0.1, 0.15) is 0 Å². The zero-order chi connectivity index (χ0) is 14.6. The van der Waals surface area contributed by atoms with Crippen LogP contribution in [0.3, 0.4) is 0 Å². The number of aromatic nitrogens is 2. The molecule has 1 heterocycles. The minimum atomic E-state index is 0.0685. The van der Waals surface area contributed by atoms with E-state index in [0.717, 1.165) is 26.1 Å². The van der Waals surface area contributed by atoms with E-state index in [-0.39, 0.29) is 11.6 Å². The van der Waals surface area contributed by atoms with E-state index in [1.54, 1.807) is 0 Å². The predicted octanol–water partition coefficient (Wildman–Crippen LogP) is 2.95. The number of likely N-dealkylation sites (N-methyl/N-ethyl adjacent to an activating group) is 1. The summed E-state index contributed by atoms with van der Waals surface area (Å²) in [4.78, 5) is 2.58. The first-order valence-corrected chi connectivity index (χ1v) is 8.22. The number of nitrogens with two attached hydrogens (primary N) is 1. The van der Waals surface area contributed by atoms with Gasteiger partial charge in [-0.3, -0.25) is 9.58 Å². The minimum absolute atomic E-state index is 0.0685. The fourth-order valence-corrected chi connectivity index (χ4v) is 3.95. The second-order valence-electron chi connectivity index (χ2n) is 5.94. The minimum Gasteiger partial charge on any atom is -0.321 e. The van der Waals surface area contributed by atoms with Gasteiger partial charge in [0.2, 0.25) is 0 Å². The van der Waals surface area contributed by atoms with Gasteiger partial charge in [-0.25, -0.2) is 0 Å². The Morgan fingerprint density at radius 3 is 2.50 bits per heavy atom. The molecule has 2 N–H and O–H groups in total. The third kappa shape index (κ3) is 2.63. The predicted molar refractivity (Wildman–Crippen MR) is 83.6 cm³/mol. The molecule has 0 amide bonds. The van der Waals surface area contributed by atoms with Crippen LogP contribution in [-0.2, 0) is 6.54 Å². The summed E-state index contributed by atoms with van der Waals surface area (Å²) < 4.78 is 2.11. The average Bonchev–Trinajstić information content (AvgIpc) is 3.10. The highest BCUT2D eigenvalue weighted by molar-refractivity contribution is 5.16. The molecule has 4 nitrogen and oxygen atoms in total. The van der Waals surface area contributed by atoms with Crippen molar-refractivity contribution >= 4 is 0 Å². The molecule has 0 aliphatic heterocycles. The van der Waals surface area contributed by atoms with E-state index in [2.05, 4.69) is 41.5 Å². The number of hydrogen-bond acceptors (Lipinski definition) is 3. The van der Waals surface area contributed by atoms with E-state index < -0.39 is 0 Å². The van der Waals surface area contributed by atoms with Crippen molar-refractivity contribution in [1.29, 1.82) is 0 Å². The maximum absolute atomic E-state index is 6.76. The maximum atomic E-state index is 6.76. The third-order valence-electron chi connectivity index (χ3n) is 4.94. The Morgan fingerprint density at radius 1 is 1.30 bits per heavy atom. The second-order valence-corrected chi connectivity index (χ2v) is 5.94.